The summed E-state index contributed by atoms with van der Waals surface area (Å²) in [6, 6.07) is 0. The summed E-state index contributed by atoms with van der Waals surface area (Å²) >= 11 is 0. The Bertz CT molecular complexity index is 489. The number of nitrogens with one attached hydrogen (secondary N) is 2. The minimum absolute atomic E-state index is 0.0516. The lowest BCUT2D eigenvalue weighted by molar-refractivity contribution is -0.135. The number of amides is 3. The molecule has 136 valence electrons. The largest absolute Gasteiger partial charge is 0.444 e. The Labute approximate surface area is 143 Å². The van der Waals surface area contributed by atoms with E-state index in [-0.39, 0.29) is 24.5 Å². The summed E-state index contributed by atoms with van der Waals surface area (Å²) < 4.78 is 5.37. The first-order chi connectivity index (χ1) is 11.1. The second-order valence-electron chi connectivity index (χ2n) is 7.10. The van der Waals surface area contributed by atoms with Gasteiger partial charge in [0.15, 0.2) is 0 Å². The van der Waals surface area contributed by atoms with Gasteiger partial charge in [0.1, 0.15) is 5.60 Å². The number of allylic oxidation sites excluding steroid dienone is 1. The van der Waals surface area contributed by atoms with Crippen molar-refractivity contribution in [2.24, 2.45) is 5.41 Å². The minimum Gasteiger partial charge on any atom is -0.444 e. The monoisotopic (exact) mass is 339 g/mol. The Kier molecular flexibility index (Phi) is 6.81. The van der Waals surface area contributed by atoms with Gasteiger partial charge in [0, 0.05) is 20.1 Å². The first-order valence-corrected chi connectivity index (χ1v) is 8.21. The molecule has 0 aliphatic carbocycles. The van der Waals surface area contributed by atoms with Gasteiger partial charge in [-0.15, -0.1) is 6.58 Å². The van der Waals surface area contributed by atoms with Crippen LogP contribution in [-0.2, 0) is 14.3 Å². The van der Waals surface area contributed by atoms with Gasteiger partial charge in [-0.25, -0.2) is 4.79 Å². The third kappa shape index (κ3) is 5.54. The van der Waals surface area contributed by atoms with Crippen molar-refractivity contribution in [1.82, 2.24) is 15.5 Å². The molecule has 0 unspecified atom stereocenters. The SMILES string of the molecule is C=CCC1(C(=O)NCC(=O)NC)CCN(C(=O)OC(C)(C)C)CC1. The molecule has 1 heterocycles. The number of ether oxygens (including phenoxy) is 1. The molecule has 2 N–H and O–H groups in total. The highest BCUT2D eigenvalue weighted by molar-refractivity contribution is 5.88. The zero-order valence-electron chi connectivity index (χ0n) is 15.1. The fraction of sp³-hybridized carbons (Fsp3) is 0.706. The molecule has 1 fully saturated rings. The van der Waals surface area contributed by atoms with E-state index in [2.05, 4.69) is 17.2 Å². The van der Waals surface area contributed by atoms with Gasteiger partial charge in [-0.1, -0.05) is 6.08 Å². The molecule has 0 atom stereocenters. The van der Waals surface area contributed by atoms with Crippen LogP contribution in [0.5, 0.6) is 0 Å². The molecule has 0 saturated carbocycles. The molecule has 24 heavy (non-hydrogen) atoms. The smallest absolute Gasteiger partial charge is 0.410 e. The molecule has 7 nitrogen and oxygen atoms in total. The molecule has 0 aromatic carbocycles. The quantitative estimate of drug-likeness (QED) is 0.742. The van der Waals surface area contributed by atoms with Crippen LogP contribution in [0.4, 0.5) is 4.79 Å². The molecule has 7 heteroatoms. The first kappa shape index (κ1) is 20.0. The van der Waals surface area contributed by atoms with Crippen LogP contribution in [-0.4, -0.2) is 55.1 Å². The molecular weight excluding hydrogens is 310 g/mol. The highest BCUT2D eigenvalue weighted by atomic mass is 16.6. The number of carbonyl (C=O) groups excluding carboxylic acids is 3. The van der Waals surface area contributed by atoms with Crippen molar-refractivity contribution in [3.05, 3.63) is 12.7 Å². The van der Waals surface area contributed by atoms with Gasteiger partial charge in [0.25, 0.3) is 0 Å². The maximum absolute atomic E-state index is 12.6. The van der Waals surface area contributed by atoms with Crippen LogP contribution >= 0.6 is 0 Å². The number of likely N-dealkylation sites (tertiary alicyclic amines) is 1. The Morgan fingerprint density at radius 2 is 1.83 bits per heavy atom. The second-order valence-corrected chi connectivity index (χ2v) is 7.10. The lowest BCUT2D eigenvalue weighted by Gasteiger charge is -2.40. The number of hydrogen-bond acceptors (Lipinski definition) is 4. The van der Waals surface area contributed by atoms with Gasteiger partial charge in [0.05, 0.1) is 12.0 Å². The van der Waals surface area contributed by atoms with Crippen LogP contribution in [0.15, 0.2) is 12.7 Å². The molecule has 1 aliphatic rings. The highest BCUT2D eigenvalue weighted by Crippen LogP contribution is 2.36. The van der Waals surface area contributed by atoms with Crippen molar-refractivity contribution in [2.75, 3.05) is 26.7 Å². The second kappa shape index (κ2) is 8.17. The minimum atomic E-state index is -0.631. The van der Waals surface area contributed by atoms with Crippen molar-refractivity contribution in [3.8, 4) is 0 Å². The number of piperidine rings is 1. The molecule has 1 saturated heterocycles. The van der Waals surface area contributed by atoms with Gasteiger partial charge in [-0.05, 0) is 40.0 Å². The number of carbonyl (C=O) groups is 3. The van der Waals surface area contributed by atoms with Gasteiger partial charge in [-0.3, -0.25) is 9.59 Å². The van der Waals surface area contributed by atoms with Crippen LogP contribution in [0.25, 0.3) is 0 Å². The Balaban J connectivity index is 2.69. The average molecular weight is 339 g/mol. The van der Waals surface area contributed by atoms with Crippen LogP contribution < -0.4 is 10.6 Å². The van der Waals surface area contributed by atoms with Gasteiger partial charge in [-0.2, -0.15) is 0 Å². The van der Waals surface area contributed by atoms with E-state index < -0.39 is 11.0 Å². The van der Waals surface area contributed by atoms with Crippen molar-refractivity contribution in [1.29, 1.82) is 0 Å². The normalized spacial score (nSPS) is 16.9. The summed E-state index contributed by atoms with van der Waals surface area (Å²) in [6.45, 7) is 10.0. The van der Waals surface area contributed by atoms with Crippen molar-refractivity contribution < 1.29 is 19.1 Å². The summed E-state index contributed by atoms with van der Waals surface area (Å²) in [5.74, 6) is -0.418. The van der Waals surface area contributed by atoms with Crippen molar-refractivity contribution in [2.45, 2.75) is 45.6 Å². The van der Waals surface area contributed by atoms with Gasteiger partial charge < -0.3 is 20.3 Å². The van der Waals surface area contributed by atoms with Gasteiger partial charge in [0.2, 0.25) is 11.8 Å². The van der Waals surface area contributed by atoms with Crippen molar-refractivity contribution in [3.63, 3.8) is 0 Å². The molecular formula is C17H29N3O4. The molecule has 0 aromatic rings. The number of rotatable bonds is 5. The van der Waals surface area contributed by atoms with E-state index >= 15 is 0 Å². The summed E-state index contributed by atoms with van der Waals surface area (Å²) in [5.41, 5.74) is -1.17. The molecule has 0 aromatic heterocycles. The first-order valence-electron chi connectivity index (χ1n) is 8.21. The topological polar surface area (TPSA) is 87.7 Å². The lowest BCUT2D eigenvalue weighted by Crippen LogP contribution is -2.52. The zero-order chi connectivity index (χ0) is 18.4. The molecule has 1 aliphatic heterocycles. The average Bonchev–Trinajstić information content (AvgIpc) is 2.51. The molecule has 0 bridgehead atoms. The summed E-state index contributed by atoms with van der Waals surface area (Å²) in [7, 11) is 1.52. The fourth-order valence-electron chi connectivity index (χ4n) is 2.68. The molecule has 0 spiro atoms. The highest BCUT2D eigenvalue weighted by Gasteiger charge is 2.41. The van der Waals surface area contributed by atoms with E-state index in [1.807, 2.05) is 20.8 Å². The summed E-state index contributed by atoms with van der Waals surface area (Å²) in [4.78, 5) is 37.6. The van der Waals surface area contributed by atoms with Gasteiger partial charge >= 0.3 is 6.09 Å². The van der Waals surface area contributed by atoms with Crippen molar-refractivity contribution >= 4 is 17.9 Å². The number of nitrogens with zero attached hydrogens (tertiary/aromatic N) is 1. The van der Waals surface area contributed by atoms with E-state index in [0.717, 1.165) is 0 Å². The van der Waals surface area contributed by atoms with Crippen LogP contribution in [0.3, 0.4) is 0 Å². The fourth-order valence-corrected chi connectivity index (χ4v) is 2.68. The summed E-state index contributed by atoms with van der Waals surface area (Å²) in [6.07, 6.45) is 2.88. The lowest BCUT2D eigenvalue weighted by atomic mass is 9.75. The Hall–Kier alpha value is -2.05. The van der Waals surface area contributed by atoms with E-state index in [4.69, 9.17) is 4.74 Å². The third-order valence-electron chi connectivity index (χ3n) is 4.08. The van der Waals surface area contributed by atoms with Crippen LogP contribution in [0, 0.1) is 5.41 Å². The Morgan fingerprint density at radius 3 is 2.29 bits per heavy atom. The summed E-state index contributed by atoms with van der Waals surface area (Å²) in [5, 5.41) is 5.15. The zero-order valence-corrected chi connectivity index (χ0v) is 15.1. The predicted molar refractivity (Wildman–Crippen MR) is 91.4 cm³/mol. The number of likely N-dealkylation sites (N-methyl/N-ethyl adjacent to an activating group) is 1. The Morgan fingerprint density at radius 1 is 1.25 bits per heavy atom. The maximum Gasteiger partial charge on any atom is 0.410 e. The standard InChI is InChI=1S/C17H29N3O4/c1-6-7-17(14(22)19-12-13(21)18-5)8-10-20(11-9-17)15(23)24-16(2,3)4/h6H,1,7-12H2,2-5H3,(H,18,21)(H,19,22). The predicted octanol–water partition coefficient (Wildman–Crippen LogP) is 1.44. The van der Waals surface area contributed by atoms with E-state index in [9.17, 15) is 14.4 Å². The molecule has 0 radical (unpaired) electrons. The van der Waals surface area contributed by atoms with E-state index in [0.29, 0.717) is 32.4 Å². The van der Waals surface area contributed by atoms with Crippen LogP contribution in [0.1, 0.15) is 40.0 Å². The number of hydrogen-bond donors (Lipinski definition) is 2. The van der Waals surface area contributed by atoms with E-state index in [1.54, 1.807) is 11.0 Å². The molecule has 3 amide bonds. The third-order valence-corrected chi connectivity index (χ3v) is 4.08. The van der Waals surface area contributed by atoms with E-state index in [1.165, 1.54) is 7.05 Å². The maximum atomic E-state index is 12.6. The van der Waals surface area contributed by atoms with Crippen LogP contribution in [0.2, 0.25) is 0 Å². The molecule has 1 rings (SSSR count).